The minimum Gasteiger partial charge on any atom is -0.384 e. The van der Waals surface area contributed by atoms with E-state index in [-0.39, 0.29) is 0 Å². The van der Waals surface area contributed by atoms with Crippen LogP contribution in [0.2, 0.25) is 0 Å². The fraction of sp³-hybridized carbons (Fsp3) is 0.278. The van der Waals surface area contributed by atoms with Crippen molar-refractivity contribution in [3.8, 4) is 0 Å². The third-order valence-electron chi connectivity index (χ3n) is 4.15. The van der Waals surface area contributed by atoms with Gasteiger partial charge in [-0.3, -0.25) is 4.98 Å². The van der Waals surface area contributed by atoms with Crippen LogP contribution in [-0.4, -0.2) is 18.1 Å². The van der Waals surface area contributed by atoms with Crippen molar-refractivity contribution in [3.63, 3.8) is 0 Å². The maximum atomic E-state index is 5.64. The van der Waals surface area contributed by atoms with Crippen molar-refractivity contribution >= 4 is 27.4 Å². The molecule has 0 saturated carbocycles. The molecule has 106 valence electrons. The molecule has 21 heavy (non-hydrogen) atoms. The molecule has 0 atom stereocenters. The van der Waals surface area contributed by atoms with Crippen molar-refractivity contribution in [1.82, 2.24) is 4.98 Å². The molecule has 3 heteroatoms. The van der Waals surface area contributed by atoms with Crippen LogP contribution in [0, 0.1) is 0 Å². The van der Waals surface area contributed by atoms with Crippen LogP contribution in [0.25, 0.3) is 21.7 Å². The Balaban J connectivity index is 2.12. The third kappa shape index (κ3) is 1.96. The molecule has 0 unspecified atom stereocenters. The topological polar surface area (TPSA) is 34.2 Å². The van der Waals surface area contributed by atoms with Gasteiger partial charge in [0, 0.05) is 29.3 Å². The highest BCUT2D eigenvalue weighted by Gasteiger charge is 2.19. The monoisotopic (exact) mass is 278 g/mol. The molecule has 4 rings (SSSR count). The minimum atomic E-state index is 0.660. The molecule has 0 radical (unpaired) electrons. The molecule has 2 heterocycles. The highest BCUT2D eigenvalue weighted by Crippen LogP contribution is 2.34. The second-order valence-electron chi connectivity index (χ2n) is 5.43. The number of hydrogen-bond acceptors (Lipinski definition) is 3. The van der Waals surface area contributed by atoms with Crippen LogP contribution in [0.15, 0.2) is 36.4 Å². The summed E-state index contributed by atoms with van der Waals surface area (Å²) in [7, 11) is 0. The molecular weight excluding hydrogens is 260 g/mol. The molecular formula is C18H18N2O. The van der Waals surface area contributed by atoms with E-state index in [4.69, 9.17) is 9.72 Å². The van der Waals surface area contributed by atoms with Crippen molar-refractivity contribution in [2.75, 3.05) is 18.5 Å². The van der Waals surface area contributed by atoms with E-state index in [2.05, 4.69) is 48.6 Å². The second kappa shape index (κ2) is 5.01. The van der Waals surface area contributed by atoms with Crippen LogP contribution < -0.4 is 5.32 Å². The molecule has 0 aliphatic carbocycles. The van der Waals surface area contributed by atoms with Crippen molar-refractivity contribution in [1.29, 1.82) is 0 Å². The zero-order chi connectivity index (χ0) is 14.2. The zero-order valence-electron chi connectivity index (χ0n) is 12.1. The van der Waals surface area contributed by atoms with Gasteiger partial charge in [0.25, 0.3) is 0 Å². The van der Waals surface area contributed by atoms with Gasteiger partial charge in [-0.1, -0.05) is 36.4 Å². The molecule has 1 N–H and O–H groups in total. The number of fused-ring (bicyclic) bond motifs is 4. The van der Waals surface area contributed by atoms with E-state index in [9.17, 15) is 0 Å². The fourth-order valence-electron chi connectivity index (χ4n) is 3.17. The lowest BCUT2D eigenvalue weighted by Gasteiger charge is -2.22. The first-order chi connectivity index (χ1) is 10.4. The quantitative estimate of drug-likeness (QED) is 0.722. The summed E-state index contributed by atoms with van der Waals surface area (Å²) in [5, 5.41) is 7.19. The Morgan fingerprint density at radius 3 is 2.95 bits per heavy atom. The summed E-state index contributed by atoms with van der Waals surface area (Å²) in [4.78, 5) is 4.97. The standard InChI is InChI=1S/C18H18N2O/c1-2-19-17-14-8-7-12-5-3-4-6-13(12)18(14)20-16-9-10-21-11-15(16)17/h3-8H,2,9-11H2,1H3,(H,19,20). The van der Waals surface area contributed by atoms with Gasteiger partial charge in [-0.05, 0) is 12.3 Å². The summed E-state index contributed by atoms with van der Waals surface area (Å²) in [5.41, 5.74) is 4.71. The number of hydrogen-bond donors (Lipinski definition) is 1. The summed E-state index contributed by atoms with van der Waals surface area (Å²) >= 11 is 0. The van der Waals surface area contributed by atoms with E-state index >= 15 is 0 Å². The number of rotatable bonds is 2. The van der Waals surface area contributed by atoms with Crippen LogP contribution in [0.1, 0.15) is 18.2 Å². The lowest BCUT2D eigenvalue weighted by atomic mass is 9.99. The normalized spacial score (nSPS) is 14.3. The van der Waals surface area contributed by atoms with E-state index in [1.165, 1.54) is 33.1 Å². The Bertz CT molecular complexity index is 826. The molecule has 0 spiro atoms. The van der Waals surface area contributed by atoms with Gasteiger partial charge in [-0.15, -0.1) is 0 Å². The number of anilines is 1. The summed E-state index contributed by atoms with van der Waals surface area (Å²) in [6.07, 6.45) is 0.896. The minimum absolute atomic E-state index is 0.660. The van der Waals surface area contributed by atoms with Crippen LogP contribution in [-0.2, 0) is 17.8 Å². The van der Waals surface area contributed by atoms with Crippen LogP contribution in [0.4, 0.5) is 5.69 Å². The van der Waals surface area contributed by atoms with E-state index in [0.29, 0.717) is 6.61 Å². The van der Waals surface area contributed by atoms with Gasteiger partial charge in [0.15, 0.2) is 0 Å². The largest absolute Gasteiger partial charge is 0.384 e. The van der Waals surface area contributed by atoms with Crippen molar-refractivity contribution in [2.24, 2.45) is 0 Å². The number of ether oxygens (including phenoxy) is 1. The molecule has 0 saturated heterocycles. The lowest BCUT2D eigenvalue weighted by Crippen LogP contribution is -2.15. The maximum absolute atomic E-state index is 5.64. The lowest BCUT2D eigenvalue weighted by molar-refractivity contribution is 0.110. The summed E-state index contributed by atoms with van der Waals surface area (Å²) in [6.45, 7) is 4.46. The van der Waals surface area contributed by atoms with E-state index in [1.54, 1.807) is 0 Å². The number of benzene rings is 2. The van der Waals surface area contributed by atoms with E-state index < -0.39 is 0 Å². The number of aromatic nitrogens is 1. The SMILES string of the molecule is CCNc1c2c(nc3c1ccc1ccccc13)CCOC2. The number of nitrogens with zero attached hydrogens (tertiary/aromatic N) is 1. The zero-order valence-corrected chi connectivity index (χ0v) is 12.1. The van der Waals surface area contributed by atoms with Crippen LogP contribution in [0.3, 0.4) is 0 Å². The Hall–Kier alpha value is -2.13. The molecule has 3 nitrogen and oxygen atoms in total. The Labute approximate surface area is 123 Å². The number of nitrogens with one attached hydrogen (secondary N) is 1. The first-order valence-corrected chi connectivity index (χ1v) is 7.53. The maximum Gasteiger partial charge on any atom is 0.0804 e. The first-order valence-electron chi connectivity index (χ1n) is 7.53. The van der Waals surface area contributed by atoms with Crippen molar-refractivity contribution in [2.45, 2.75) is 20.0 Å². The van der Waals surface area contributed by atoms with Gasteiger partial charge in [-0.25, -0.2) is 0 Å². The second-order valence-corrected chi connectivity index (χ2v) is 5.43. The van der Waals surface area contributed by atoms with Crippen molar-refractivity contribution < 1.29 is 4.74 Å². The van der Waals surface area contributed by atoms with Crippen LogP contribution in [0.5, 0.6) is 0 Å². The van der Waals surface area contributed by atoms with Gasteiger partial charge < -0.3 is 10.1 Å². The van der Waals surface area contributed by atoms with E-state index in [1.807, 2.05) is 0 Å². The van der Waals surface area contributed by atoms with Gasteiger partial charge >= 0.3 is 0 Å². The summed E-state index contributed by atoms with van der Waals surface area (Å²) in [6, 6.07) is 12.8. The highest BCUT2D eigenvalue weighted by molar-refractivity contribution is 6.09. The third-order valence-corrected chi connectivity index (χ3v) is 4.15. The molecule has 1 aromatic heterocycles. The Kier molecular flexibility index (Phi) is 3.00. The average Bonchev–Trinajstić information content (AvgIpc) is 2.55. The molecule has 0 amide bonds. The van der Waals surface area contributed by atoms with Gasteiger partial charge in [0.05, 0.1) is 30.1 Å². The van der Waals surface area contributed by atoms with Gasteiger partial charge in [0.1, 0.15) is 0 Å². The molecule has 3 aromatic rings. The Morgan fingerprint density at radius 2 is 2.05 bits per heavy atom. The fourth-order valence-corrected chi connectivity index (χ4v) is 3.17. The molecule has 1 aliphatic rings. The van der Waals surface area contributed by atoms with Gasteiger partial charge in [0.2, 0.25) is 0 Å². The van der Waals surface area contributed by atoms with Gasteiger partial charge in [-0.2, -0.15) is 0 Å². The molecule has 1 aliphatic heterocycles. The average molecular weight is 278 g/mol. The smallest absolute Gasteiger partial charge is 0.0804 e. The molecule has 0 fully saturated rings. The summed E-state index contributed by atoms with van der Waals surface area (Å²) < 4.78 is 5.64. The predicted octanol–water partition coefficient (Wildman–Crippen LogP) is 3.89. The first kappa shape index (κ1) is 12.6. The number of pyridine rings is 1. The molecule has 2 aromatic carbocycles. The highest BCUT2D eigenvalue weighted by atomic mass is 16.5. The van der Waals surface area contributed by atoms with Crippen molar-refractivity contribution in [3.05, 3.63) is 47.7 Å². The van der Waals surface area contributed by atoms with E-state index in [0.717, 1.165) is 25.1 Å². The van der Waals surface area contributed by atoms with Crippen LogP contribution >= 0.6 is 0 Å². The Morgan fingerprint density at radius 1 is 1.14 bits per heavy atom. The predicted molar refractivity (Wildman–Crippen MR) is 86.8 cm³/mol. The summed E-state index contributed by atoms with van der Waals surface area (Å²) in [5.74, 6) is 0. The molecule has 0 bridgehead atoms.